The van der Waals surface area contributed by atoms with Gasteiger partial charge >= 0.3 is 6.09 Å². The molecule has 0 aromatic heterocycles. The monoisotopic (exact) mass is 276 g/mol. The molecule has 0 saturated heterocycles. The molecule has 1 rings (SSSR count). The average molecular weight is 276 g/mol. The molecule has 1 N–H and O–H groups in total. The first kappa shape index (κ1) is 15.8. The van der Waals surface area contributed by atoms with Crippen LogP contribution in [0.2, 0.25) is 0 Å². The standard InChI is InChI=1S/C15H20N2O3/c1-10(9-16)12-7-6-11(19-5)8-13(12)17-14(18)20-15(2,3)4/h6-8,10H,1-5H3,(H,17,18). The van der Waals surface area contributed by atoms with Crippen LogP contribution in [0.3, 0.4) is 0 Å². The molecule has 1 aromatic rings. The fraction of sp³-hybridized carbons (Fsp3) is 0.467. The lowest BCUT2D eigenvalue weighted by molar-refractivity contribution is 0.0636. The second-order valence-electron chi connectivity index (χ2n) is 5.43. The van der Waals surface area contributed by atoms with Gasteiger partial charge < -0.3 is 9.47 Å². The summed E-state index contributed by atoms with van der Waals surface area (Å²) in [6.45, 7) is 7.13. The van der Waals surface area contributed by atoms with Gasteiger partial charge in [0.1, 0.15) is 11.4 Å². The number of hydrogen-bond donors (Lipinski definition) is 1. The molecule has 0 fully saturated rings. The average Bonchev–Trinajstić information content (AvgIpc) is 2.35. The molecule has 1 atom stereocenters. The molecule has 0 saturated carbocycles. The first-order valence-corrected chi connectivity index (χ1v) is 6.34. The van der Waals surface area contributed by atoms with E-state index in [1.54, 1.807) is 53.0 Å². The fourth-order valence-corrected chi connectivity index (χ4v) is 1.63. The lowest BCUT2D eigenvalue weighted by Crippen LogP contribution is -2.27. The van der Waals surface area contributed by atoms with E-state index in [-0.39, 0.29) is 5.92 Å². The molecule has 1 amide bonds. The Balaban J connectivity index is 3.02. The molecule has 0 heterocycles. The number of benzene rings is 1. The highest BCUT2D eigenvalue weighted by Crippen LogP contribution is 2.28. The maximum Gasteiger partial charge on any atom is 0.412 e. The zero-order valence-electron chi connectivity index (χ0n) is 12.5. The summed E-state index contributed by atoms with van der Waals surface area (Å²) in [5.41, 5.74) is 0.663. The summed E-state index contributed by atoms with van der Waals surface area (Å²) in [5, 5.41) is 11.7. The van der Waals surface area contributed by atoms with E-state index in [1.165, 1.54) is 0 Å². The predicted molar refractivity (Wildman–Crippen MR) is 76.9 cm³/mol. The molecule has 108 valence electrons. The van der Waals surface area contributed by atoms with Gasteiger partial charge in [-0.25, -0.2) is 4.79 Å². The highest BCUT2D eigenvalue weighted by atomic mass is 16.6. The first-order chi connectivity index (χ1) is 9.26. The predicted octanol–water partition coefficient (Wildman–Crippen LogP) is 3.67. The van der Waals surface area contributed by atoms with E-state index in [4.69, 9.17) is 14.7 Å². The number of nitrogens with zero attached hydrogens (tertiary/aromatic N) is 1. The molecule has 0 aliphatic heterocycles. The van der Waals surface area contributed by atoms with Crippen molar-refractivity contribution in [3.8, 4) is 11.8 Å². The molecular formula is C15H20N2O3. The maximum atomic E-state index is 11.8. The quantitative estimate of drug-likeness (QED) is 0.914. The minimum absolute atomic E-state index is 0.342. The van der Waals surface area contributed by atoms with Gasteiger partial charge in [0.15, 0.2) is 0 Å². The van der Waals surface area contributed by atoms with Crippen LogP contribution in [0.25, 0.3) is 0 Å². The third-order valence-electron chi connectivity index (χ3n) is 2.56. The van der Waals surface area contributed by atoms with E-state index in [0.717, 1.165) is 5.56 Å². The van der Waals surface area contributed by atoms with Gasteiger partial charge in [-0.05, 0) is 39.3 Å². The smallest absolute Gasteiger partial charge is 0.412 e. The number of nitrogens with one attached hydrogen (secondary N) is 1. The molecule has 0 aliphatic carbocycles. The minimum atomic E-state index is -0.579. The third-order valence-corrected chi connectivity index (χ3v) is 2.56. The molecule has 20 heavy (non-hydrogen) atoms. The van der Waals surface area contributed by atoms with Crippen molar-refractivity contribution in [3.05, 3.63) is 23.8 Å². The molecule has 0 bridgehead atoms. The Morgan fingerprint density at radius 3 is 2.55 bits per heavy atom. The number of ether oxygens (including phenoxy) is 2. The van der Waals surface area contributed by atoms with Crippen LogP contribution in [0.4, 0.5) is 10.5 Å². The minimum Gasteiger partial charge on any atom is -0.497 e. The van der Waals surface area contributed by atoms with E-state index in [2.05, 4.69) is 11.4 Å². The Bertz CT molecular complexity index is 527. The van der Waals surface area contributed by atoms with Crippen molar-refractivity contribution in [3.63, 3.8) is 0 Å². The summed E-state index contributed by atoms with van der Waals surface area (Å²) in [6, 6.07) is 7.34. The number of nitriles is 1. The zero-order valence-corrected chi connectivity index (χ0v) is 12.5. The molecule has 5 heteroatoms. The van der Waals surface area contributed by atoms with Crippen LogP contribution < -0.4 is 10.1 Å². The van der Waals surface area contributed by atoms with Crippen LogP contribution in [0.1, 0.15) is 39.2 Å². The van der Waals surface area contributed by atoms with Crippen molar-refractivity contribution in [1.82, 2.24) is 0 Å². The van der Waals surface area contributed by atoms with Crippen LogP contribution in [0, 0.1) is 11.3 Å². The Kier molecular flexibility index (Phi) is 4.98. The van der Waals surface area contributed by atoms with Crippen molar-refractivity contribution in [2.45, 2.75) is 39.2 Å². The summed E-state index contributed by atoms with van der Waals surface area (Å²) in [4.78, 5) is 11.8. The number of hydrogen-bond acceptors (Lipinski definition) is 4. The highest BCUT2D eigenvalue weighted by Gasteiger charge is 2.19. The van der Waals surface area contributed by atoms with Crippen LogP contribution in [0.5, 0.6) is 5.75 Å². The highest BCUT2D eigenvalue weighted by molar-refractivity contribution is 5.86. The molecule has 1 unspecified atom stereocenters. The van der Waals surface area contributed by atoms with Gasteiger partial charge in [0.05, 0.1) is 24.8 Å². The summed E-state index contributed by atoms with van der Waals surface area (Å²) < 4.78 is 10.3. The van der Waals surface area contributed by atoms with E-state index in [9.17, 15) is 4.79 Å². The number of methoxy groups -OCH3 is 1. The summed E-state index contributed by atoms with van der Waals surface area (Å²) in [7, 11) is 1.54. The number of rotatable bonds is 3. The molecule has 0 spiro atoms. The van der Waals surface area contributed by atoms with Crippen molar-refractivity contribution >= 4 is 11.8 Å². The summed E-state index contributed by atoms with van der Waals surface area (Å²) in [5.74, 6) is 0.260. The van der Waals surface area contributed by atoms with Crippen molar-refractivity contribution in [2.75, 3.05) is 12.4 Å². The molecule has 1 aromatic carbocycles. The summed E-state index contributed by atoms with van der Waals surface area (Å²) in [6.07, 6.45) is -0.558. The molecular weight excluding hydrogens is 256 g/mol. The van der Waals surface area contributed by atoms with Crippen LogP contribution >= 0.6 is 0 Å². The van der Waals surface area contributed by atoms with Gasteiger partial charge in [0.2, 0.25) is 0 Å². The lowest BCUT2D eigenvalue weighted by atomic mass is 10.0. The van der Waals surface area contributed by atoms with E-state index < -0.39 is 11.7 Å². The second-order valence-corrected chi connectivity index (χ2v) is 5.43. The van der Waals surface area contributed by atoms with Crippen molar-refractivity contribution < 1.29 is 14.3 Å². The SMILES string of the molecule is COc1ccc(C(C)C#N)c(NC(=O)OC(C)(C)C)c1. The fourth-order valence-electron chi connectivity index (χ4n) is 1.63. The second kappa shape index (κ2) is 6.29. The Morgan fingerprint density at radius 2 is 2.05 bits per heavy atom. The van der Waals surface area contributed by atoms with Gasteiger partial charge in [-0.2, -0.15) is 5.26 Å². The van der Waals surface area contributed by atoms with Crippen LogP contribution in [0.15, 0.2) is 18.2 Å². The number of carbonyl (C=O) groups excluding carboxylic acids is 1. The van der Waals surface area contributed by atoms with Gasteiger partial charge in [0, 0.05) is 6.07 Å². The Hall–Kier alpha value is -2.22. The van der Waals surface area contributed by atoms with Crippen molar-refractivity contribution in [2.24, 2.45) is 0 Å². The van der Waals surface area contributed by atoms with Gasteiger partial charge in [0.25, 0.3) is 0 Å². The van der Waals surface area contributed by atoms with E-state index in [0.29, 0.717) is 11.4 Å². The van der Waals surface area contributed by atoms with Crippen molar-refractivity contribution in [1.29, 1.82) is 5.26 Å². The first-order valence-electron chi connectivity index (χ1n) is 6.34. The van der Waals surface area contributed by atoms with Gasteiger partial charge in [-0.15, -0.1) is 0 Å². The van der Waals surface area contributed by atoms with Gasteiger partial charge in [-0.1, -0.05) is 6.07 Å². The van der Waals surface area contributed by atoms with Crippen LogP contribution in [-0.4, -0.2) is 18.8 Å². The Labute approximate surface area is 119 Å². The lowest BCUT2D eigenvalue weighted by Gasteiger charge is -2.21. The zero-order chi connectivity index (χ0) is 15.3. The Morgan fingerprint density at radius 1 is 1.40 bits per heavy atom. The molecule has 5 nitrogen and oxygen atoms in total. The van der Waals surface area contributed by atoms with E-state index in [1.807, 2.05) is 0 Å². The van der Waals surface area contributed by atoms with E-state index >= 15 is 0 Å². The number of amides is 1. The molecule has 0 radical (unpaired) electrons. The van der Waals surface area contributed by atoms with Gasteiger partial charge in [-0.3, -0.25) is 5.32 Å². The molecule has 0 aliphatic rings. The topological polar surface area (TPSA) is 71.3 Å². The number of anilines is 1. The normalized spacial score (nSPS) is 12.2. The summed E-state index contributed by atoms with van der Waals surface area (Å²) >= 11 is 0. The van der Waals surface area contributed by atoms with Crippen LogP contribution in [-0.2, 0) is 4.74 Å². The number of carbonyl (C=O) groups is 1. The third kappa shape index (κ3) is 4.47. The maximum absolute atomic E-state index is 11.8. The largest absolute Gasteiger partial charge is 0.497 e.